The van der Waals surface area contributed by atoms with E-state index in [1.54, 1.807) is 0 Å². The van der Waals surface area contributed by atoms with Crippen molar-refractivity contribution >= 4 is 17.0 Å². The molecule has 2 aromatic carbocycles. The van der Waals surface area contributed by atoms with Crippen molar-refractivity contribution in [1.29, 1.82) is 0 Å². The number of benzene rings is 2. The number of aromatic nitrogens is 1. The minimum atomic E-state index is 0.0277. The van der Waals surface area contributed by atoms with Crippen molar-refractivity contribution in [2.45, 2.75) is 25.8 Å². The van der Waals surface area contributed by atoms with Crippen molar-refractivity contribution in [3.8, 4) is 0 Å². The van der Waals surface area contributed by atoms with Crippen molar-refractivity contribution in [2.75, 3.05) is 19.8 Å². The fraction of sp³-hybridized carbons (Fsp3) is 0.364. The molecule has 1 atom stereocenters. The van der Waals surface area contributed by atoms with E-state index in [2.05, 4.69) is 17.1 Å². The second-order valence-corrected chi connectivity index (χ2v) is 7.61. The molecule has 0 aliphatic carbocycles. The predicted octanol–water partition coefficient (Wildman–Crippen LogP) is 4.13. The molecule has 0 bridgehead atoms. The number of aryl methyl sites for hydroxylation is 1. The Labute approximate surface area is 157 Å². The number of amides is 1. The van der Waals surface area contributed by atoms with Crippen molar-refractivity contribution in [3.63, 3.8) is 0 Å². The molecule has 2 aliphatic heterocycles. The second kappa shape index (κ2) is 6.20. The molecule has 1 aromatic heterocycles. The lowest BCUT2D eigenvalue weighted by atomic mass is 9.64. The van der Waals surface area contributed by atoms with Gasteiger partial charge in [0, 0.05) is 32.1 Å². The van der Waals surface area contributed by atoms with Crippen LogP contribution in [0.2, 0.25) is 0 Å². The minimum Gasteiger partial charge on any atom is -0.441 e. The predicted molar refractivity (Wildman–Crippen MR) is 101 cm³/mol. The molecule has 0 N–H and O–H groups in total. The summed E-state index contributed by atoms with van der Waals surface area (Å²) >= 11 is 0. The zero-order valence-electron chi connectivity index (χ0n) is 15.4. The maximum Gasteiger partial charge on any atom is 0.256 e. The molecule has 2 saturated heterocycles. The first kappa shape index (κ1) is 16.5. The molecule has 0 saturated carbocycles. The highest BCUT2D eigenvalue weighted by Gasteiger charge is 2.55. The van der Waals surface area contributed by atoms with Crippen LogP contribution in [0.4, 0.5) is 0 Å². The van der Waals surface area contributed by atoms with Crippen molar-refractivity contribution in [1.82, 2.24) is 9.88 Å². The molecule has 5 rings (SSSR count). The number of para-hydroxylation sites is 1. The summed E-state index contributed by atoms with van der Waals surface area (Å²) < 4.78 is 11.2. The topological polar surface area (TPSA) is 55.6 Å². The Morgan fingerprint density at radius 2 is 1.89 bits per heavy atom. The molecule has 27 heavy (non-hydrogen) atoms. The van der Waals surface area contributed by atoms with Gasteiger partial charge in [-0.25, -0.2) is 4.98 Å². The first-order valence-electron chi connectivity index (χ1n) is 9.48. The van der Waals surface area contributed by atoms with Crippen LogP contribution in [0.3, 0.4) is 0 Å². The van der Waals surface area contributed by atoms with E-state index in [1.165, 1.54) is 5.56 Å². The van der Waals surface area contributed by atoms with Gasteiger partial charge in [0.05, 0.1) is 11.6 Å². The lowest BCUT2D eigenvalue weighted by Gasteiger charge is -2.59. The largest absolute Gasteiger partial charge is 0.441 e. The van der Waals surface area contributed by atoms with E-state index in [-0.39, 0.29) is 17.4 Å². The number of ether oxygens (including phenoxy) is 1. The molecular formula is C22H22N2O3. The molecule has 5 nitrogen and oxygen atoms in total. The van der Waals surface area contributed by atoms with Crippen LogP contribution in [0.15, 0.2) is 52.9 Å². The van der Waals surface area contributed by atoms with Gasteiger partial charge in [-0.15, -0.1) is 0 Å². The van der Waals surface area contributed by atoms with Crippen LogP contribution < -0.4 is 0 Å². The summed E-state index contributed by atoms with van der Waals surface area (Å²) in [5.41, 5.74) is 3.24. The average Bonchev–Trinajstić information content (AvgIpc) is 3.07. The standard InChI is InChI=1S/C22H22N2O3/c1-15-23-19-17(8-5-9-18(19)27-15)21(25)24-14-22(10-12-26-13-11-22)20(24)16-6-3-2-4-7-16/h2-9,20H,10-14H2,1H3. The number of hydrogen-bond acceptors (Lipinski definition) is 4. The van der Waals surface area contributed by atoms with Crippen LogP contribution in [0.25, 0.3) is 11.1 Å². The molecule has 3 heterocycles. The van der Waals surface area contributed by atoms with Crippen LogP contribution in [-0.2, 0) is 4.74 Å². The number of hydrogen-bond donors (Lipinski definition) is 0. The number of likely N-dealkylation sites (tertiary alicyclic amines) is 1. The summed E-state index contributed by atoms with van der Waals surface area (Å²) in [7, 11) is 0. The molecule has 3 aromatic rings. The summed E-state index contributed by atoms with van der Waals surface area (Å²) in [5, 5.41) is 0. The first-order valence-corrected chi connectivity index (χ1v) is 9.48. The van der Waals surface area contributed by atoms with E-state index < -0.39 is 0 Å². The molecule has 2 aliphatic rings. The summed E-state index contributed by atoms with van der Waals surface area (Å²) in [6.07, 6.45) is 1.98. The second-order valence-electron chi connectivity index (χ2n) is 7.61. The fourth-order valence-electron chi connectivity index (χ4n) is 4.69. The third kappa shape index (κ3) is 2.57. The summed E-state index contributed by atoms with van der Waals surface area (Å²) in [4.78, 5) is 19.9. The van der Waals surface area contributed by atoms with Crippen molar-refractivity contribution < 1.29 is 13.9 Å². The third-order valence-electron chi connectivity index (χ3n) is 6.00. The summed E-state index contributed by atoms with van der Waals surface area (Å²) in [6, 6.07) is 16.0. The van der Waals surface area contributed by atoms with Crippen molar-refractivity contribution in [2.24, 2.45) is 5.41 Å². The third-order valence-corrected chi connectivity index (χ3v) is 6.00. The van der Waals surface area contributed by atoms with E-state index in [9.17, 15) is 4.79 Å². The first-order chi connectivity index (χ1) is 13.2. The summed E-state index contributed by atoms with van der Waals surface area (Å²) in [5.74, 6) is 0.606. The van der Waals surface area contributed by atoms with Crippen LogP contribution in [0.1, 0.15) is 40.7 Å². The zero-order chi connectivity index (χ0) is 18.4. The maximum atomic E-state index is 13.5. The zero-order valence-corrected chi connectivity index (χ0v) is 15.4. The van der Waals surface area contributed by atoms with Crippen LogP contribution in [0, 0.1) is 12.3 Å². The molecule has 1 amide bonds. The average molecular weight is 362 g/mol. The number of rotatable bonds is 2. The van der Waals surface area contributed by atoms with Gasteiger partial charge in [0.25, 0.3) is 5.91 Å². The van der Waals surface area contributed by atoms with E-state index in [1.807, 2.05) is 48.2 Å². The Bertz CT molecular complexity index is 989. The SMILES string of the molecule is Cc1nc2c(C(=O)N3CC4(CCOCC4)C3c3ccccc3)cccc2o1. The molecule has 1 spiro atoms. The van der Waals surface area contributed by atoms with E-state index in [4.69, 9.17) is 9.15 Å². The summed E-state index contributed by atoms with van der Waals surface area (Å²) in [6.45, 7) is 4.11. The Kier molecular flexibility index (Phi) is 3.79. The Balaban J connectivity index is 1.54. The van der Waals surface area contributed by atoms with Gasteiger partial charge in [0.15, 0.2) is 11.5 Å². The van der Waals surface area contributed by atoms with Gasteiger partial charge in [-0.1, -0.05) is 36.4 Å². The van der Waals surface area contributed by atoms with E-state index >= 15 is 0 Å². The molecule has 0 radical (unpaired) electrons. The van der Waals surface area contributed by atoms with Crippen LogP contribution in [0.5, 0.6) is 0 Å². The number of oxazole rings is 1. The number of nitrogens with zero attached hydrogens (tertiary/aromatic N) is 2. The van der Waals surface area contributed by atoms with Gasteiger partial charge < -0.3 is 14.1 Å². The fourth-order valence-corrected chi connectivity index (χ4v) is 4.69. The highest BCUT2D eigenvalue weighted by Crippen LogP contribution is 2.55. The highest BCUT2D eigenvalue weighted by atomic mass is 16.5. The lowest BCUT2D eigenvalue weighted by molar-refractivity contribution is -0.115. The minimum absolute atomic E-state index is 0.0277. The Morgan fingerprint density at radius 3 is 2.67 bits per heavy atom. The number of carbonyl (C=O) groups excluding carboxylic acids is 1. The van der Waals surface area contributed by atoms with E-state index in [0.29, 0.717) is 22.6 Å². The lowest BCUT2D eigenvalue weighted by Crippen LogP contribution is -2.62. The maximum absolute atomic E-state index is 13.5. The van der Waals surface area contributed by atoms with E-state index in [0.717, 1.165) is 32.6 Å². The van der Waals surface area contributed by atoms with Gasteiger partial charge in [0.2, 0.25) is 0 Å². The quantitative estimate of drug-likeness (QED) is 0.688. The highest BCUT2D eigenvalue weighted by molar-refractivity contribution is 6.05. The van der Waals surface area contributed by atoms with Gasteiger partial charge in [-0.2, -0.15) is 0 Å². The monoisotopic (exact) mass is 362 g/mol. The molecule has 138 valence electrons. The van der Waals surface area contributed by atoms with Gasteiger partial charge >= 0.3 is 0 Å². The Hall–Kier alpha value is -2.66. The van der Waals surface area contributed by atoms with Gasteiger partial charge in [0.1, 0.15) is 5.52 Å². The van der Waals surface area contributed by atoms with Gasteiger partial charge in [-0.3, -0.25) is 4.79 Å². The molecule has 2 fully saturated rings. The Morgan fingerprint density at radius 1 is 1.11 bits per heavy atom. The molecular weight excluding hydrogens is 340 g/mol. The number of carbonyl (C=O) groups is 1. The van der Waals surface area contributed by atoms with Crippen LogP contribution in [-0.4, -0.2) is 35.5 Å². The molecule has 5 heteroatoms. The van der Waals surface area contributed by atoms with Crippen LogP contribution >= 0.6 is 0 Å². The van der Waals surface area contributed by atoms with Gasteiger partial charge in [-0.05, 0) is 30.5 Å². The molecule has 1 unspecified atom stereocenters. The number of fused-ring (bicyclic) bond motifs is 1. The smallest absolute Gasteiger partial charge is 0.256 e. The van der Waals surface area contributed by atoms with Crippen molar-refractivity contribution in [3.05, 3.63) is 65.5 Å². The normalized spacial score (nSPS) is 21.4.